The first-order valence-corrected chi connectivity index (χ1v) is 9.42. The zero-order chi connectivity index (χ0) is 18.2. The maximum atomic E-state index is 11.7. The highest BCUT2D eigenvalue weighted by atomic mass is 32.2. The number of benzene rings is 1. The third-order valence-electron chi connectivity index (χ3n) is 3.84. The molecule has 1 fully saturated rings. The van der Waals surface area contributed by atoms with Crippen molar-refractivity contribution in [2.45, 2.75) is 44.4 Å². The van der Waals surface area contributed by atoms with Gasteiger partial charge in [-0.1, -0.05) is 25.6 Å². The quantitative estimate of drug-likeness (QED) is 0.620. The number of imide groups is 1. The molecule has 1 aliphatic rings. The highest BCUT2D eigenvalue weighted by molar-refractivity contribution is 8.15. The van der Waals surface area contributed by atoms with Crippen LogP contribution in [0.15, 0.2) is 18.2 Å². The first kappa shape index (κ1) is 19.6. The first-order chi connectivity index (χ1) is 12.0. The third kappa shape index (κ3) is 6.25. The topological polar surface area (TPSA) is 76.7 Å². The summed E-state index contributed by atoms with van der Waals surface area (Å²) in [6, 6.07) is 6.17. The second kappa shape index (κ2) is 9.68. The molecule has 0 bridgehead atoms. The number of ether oxygens (including phenoxy) is 2. The summed E-state index contributed by atoms with van der Waals surface area (Å²) in [6.45, 7) is 5.76. The Balaban J connectivity index is 1.92. The second-order valence-corrected chi connectivity index (χ2v) is 7.38. The van der Waals surface area contributed by atoms with E-state index in [4.69, 9.17) is 9.47 Å². The molecule has 7 heteroatoms. The van der Waals surface area contributed by atoms with Gasteiger partial charge in [-0.25, -0.2) is 0 Å². The van der Waals surface area contributed by atoms with Crippen molar-refractivity contribution >= 4 is 22.9 Å². The van der Waals surface area contributed by atoms with Crippen molar-refractivity contribution in [3.8, 4) is 11.5 Å². The molecular weight excluding hydrogens is 340 g/mol. The highest BCUT2D eigenvalue weighted by Crippen LogP contribution is 2.29. The van der Waals surface area contributed by atoms with E-state index in [0.29, 0.717) is 25.5 Å². The minimum Gasteiger partial charge on any atom is -0.497 e. The van der Waals surface area contributed by atoms with Crippen LogP contribution in [0, 0.1) is 0 Å². The maximum absolute atomic E-state index is 11.7. The maximum Gasteiger partial charge on any atom is 0.286 e. The lowest BCUT2D eigenvalue weighted by Crippen LogP contribution is -2.25. The summed E-state index contributed by atoms with van der Waals surface area (Å²) in [4.78, 5) is 23.0. The molecular formula is C18H26N2O4S. The molecule has 0 aromatic heterocycles. The van der Waals surface area contributed by atoms with Crippen LogP contribution >= 0.6 is 11.8 Å². The van der Waals surface area contributed by atoms with Gasteiger partial charge in [0.2, 0.25) is 5.91 Å². The minimum atomic E-state index is -0.332. The Morgan fingerprint density at radius 2 is 2.12 bits per heavy atom. The van der Waals surface area contributed by atoms with Crippen LogP contribution in [-0.4, -0.2) is 42.7 Å². The second-order valence-electron chi connectivity index (χ2n) is 6.21. The molecule has 2 N–H and O–H groups in total. The Hall–Kier alpha value is -1.73. The van der Waals surface area contributed by atoms with Crippen LogP contribution in [0.2, 0.25) is 0 Å². The lowest BCUT2D eigenvalue weighted by molar-refractivity contribution is -0.119. The molecule has 1 aliphatic heterocycles. The van der Waals surface area contributed by atoms with E-state index < -0.39 is 0 Å². The Morgan fingerprint density at radius 1 is 1.32 bits per heavy atom. The largest absolute Gasteiger partial charge is 0.497 e. The number of amides is 2. The van der Waals surface area contributed by atoms with Gasteiger partial charge in [-0.2, -0.15) is 0 Å². The summed E-state index contributed by atoms with van der Waals surface area (Å²) in [6.07, 6.45) is 2.15. The number of thioether (sulfide) groups is 1. The van der Waals surface area contributed by atoms with Gasteiger partial charge in [0.25, 0.3) is 5.24 Å². The van der Waals surface area contributed by atoms with Gasteiger partial charge >= 0.3 is 0 Å². The average molecular weight is 366 g/mol. The molecule has 1 aromatic carbocycles. The van der Waals surface area contributed by atoms with Gasteiger partial charge in [-0.05, 0) is 49.6 Å². The molecule has 0 aliphatic carbocycles. The van der Waals surface area contributed by atoms with Gasteiger partial charge in [-0.15, -0.1) is 0 Å². The standard InChI is InChI=1S/C18H26N2O4S/c1-12(2)19-9-4-10-24-15-7-6-14(23-3)11-13(15)5-8-16-17(21)20-18(22)25-16/h6-7,11-12,16,19H,4-5,8-10H2,1-3H3,(H,20,21,22). The van der Waals surface area contributed by atoms with Gasteiger partial charge in [0.15, 0.2) is 0 Å². The number of methoxy groups -OCH3 is 1. The number of hydrogen-bond donors (Lipinski definition) is 2. The van der Waals surface area contributed by atoms with E-state index in [1.807, 2.05) is 18.2 Å². The van der Waals surface area contributed by atoms with Crippen LogP contribution in [0.4, 0.5) is 4.79 Å². The highest BCUT2D eigenvalue weighted by Gasteiger charge is 2.31. The predicted octanol–water partition coefficient (Wildman–Crippen LogP) is 2.75. The van der Waals surface area contributed by atoms with Crippen LogP contribution in [0.1, 0.15) is 32.3 Å². The molecule has 0 radical (unpaired) electrons. The van der Waals surface area contributed by atoms with E-state index in [1.54, 1.807) is 7.11 Å². The van der Waals surface area contributed by atoms with Gasteiger partial charge in [0, 0.05) is 6.04 Å². The molecule has 1 aromatic rings. The van der Waals surface area contributed by atoms with Gasteiger partial charge in [0.05, 0.1) is 19.0 Å². The molecule has 2 amide bonds. The average Bonchev–Trinajstić information content (AvgIpc) is 2.90. The summed E-state index contributed by atoms with van der Waals surface area (Å²) in [7, 11) is 1.62. The molecule has 0 spiro atoms. The lowest BCUT2D eigenvalue weighted by Gasteiger charge is -2.14. The summed E-state index contributed by atoms with van der Waals surface area (Å²) in [5.74, 6) is 1.35. The molecule has 25 heavy (non-hydrogen) atoms. The SMILES string of the molecule is COc1ccc(OCCCNC(C)C)c(CCC2SC(=O)NC2=O)c1. The fourth-order valence-electron chi connectivity index (χ4n) is 2.53. The van der Waals surface area contributed by atoms with E-state index in [-0.39, 0.29) is 16.4 Å². The van der Waals surface area contributed by atoms with Gasteiger partial charge in [0.1, 0.15) is 11.5 Å². The minimum absolute atomic E-state index is 0.208. The molecule has 1 saturated heterocycles. The van der Waals surface area contributed by atoms with Crippen molar-refractivity contribution < 1.29 is 19.1 Å². The summed E-state index contributed by atoms with van der Waals surface area (Å²) in [5.41, 5.74) is 0.990. The molecule has 1 unspecified atom stereocenters. The smallest absolute Gasteiger partial charge is 0.286 e. The van der Waals surface area contributed by atoms with E-state index in [1.165, 1.54) is 0 Å². The Kier molecular flexibility index (Phi) is 7.58. The molecule has 1 atom stereocenters. The van der Waals surface area contributed by atoms with Crippen molar-refractivity contribution in [2.75, 3.05) is 20.3 Å². The Labute approximate surface area is 153 Å². The van der Waals surface area contributed by atoms with E-state index >= 15 is 0 Å². The zero-order valence-corrected chi connectivity index (χ0v) is 15.8. The number of aryl methyl sites for hydroxylation is 1. The van der Waals surface area contributed by atoms with Crippen LogP contribution in [0.3, 0.4) is 0 Å². The van der Waals surface area contributed by atoms with Crippen LogP contribution in [-0.2, 0) is 11.2 Å². The van der Waals surface area contributed by atoms with E-state index in [9.17, 15) is 9.59 Å². The van der Waals surface area contributed by atoms with Crippen molar-refractivity contribution in [3.63, 3.8) is 0 Å². The normalized spacial score (nSPS) is 17.0. The zero-order valence-electron chi connectivity index (χ0n) is 15.0. The van der Waals surface area contributed by atoms with Crippen molar-refractivity contribution in [2.24, 2.45) is 0 Å². The van der Waals surface area contributed by atoms with E-state index in [2.05, 4.69) is 24.5 Å². The summed E-state index contributed by atoms with van der Waals surface area (Å²) < 4.78 is 11.2. The number of carbonyl (C=O) groups excluding carboxylic acids is 2. The summed E-state index contributed by atoms with van der Waals surface area (Å²) in [5, 5.41) is 5.08. The Morgan fingerprint density at radius 3 is 2.76 bits per heavy atom. The fourth-order valence-corrected chi connectivity index (χ4v) is 3.35. The number of nitrogens with one attached hydrogen (secondary N) is 2. The molecule has 0 saturated carbocycles. The molecule has 138 valence electrons. The van der Waals surface area contributed by atoms with Crippen molar-refractivity contribution in [3.05, 3.63) is 23.8 Å². The van der Waals surface area contributed by atoms with Gasteiger partial charge in [-0.3, -0.25) is 14.9 Å². The van der Waals surface area contributed by atoms with Crippen molar-refractivity contribution in [1.29, 1.82) is 0 Å². The predicted molar refractivity (Wildman–Crippen MR) is 99.5 cm³/mol. The van der Waals surface area contributed by atoms with Gasteiger partial charge < -0.3 is 14.8 Å². The third-order valence-corrected chi connectivity index (χ3v) is 4.89. The molecule has 6 nitrogen and oxygen atoms in total. The van der Waals surface area contributed by atoms with E-state index in [0.717, 1.165) is 41.8 Å². The number of carbonyl (C=O) groups is 2. The lowest BCUT2D eigenvalue weighted by atomic mass is 10.1. The van der Waals surface area contributed by atoms with Crippen molar-refractivity contribution in [1.82, 2.24) is 10.6 Å². The monoisotopic (exact) mass is 366 g/mol. The van der Waals surface area contributed by atoms with Crippen LogP contribution in [0.25, 0.3) is 0 Å². The molecule has 2 rings (SSSR count). The number of hydrogen-bond acceptors (Lipinski definition) is 6. The Bertz CT molecular complexity index is 607. The fraction of sp³-hybridized carbons (Fsp3) is 0.556. The number of rotatable bonds is 10. The first-order valence-electron chi connectivity index (χ1n) is 8.54. The molecule has 1 heterocycles. The van der Waals surface area contributed by atoms with Crippen LogP contribution < -0.4 is 20.1 Å². The summed E-state index contributed by atoms with van der Waals surface area (Å²) >= 11 is 1.06. The van der Waals surface area contributed by atoms with Crippen LogP contribution in [0.5, 0.6) is 11.5 Å².